The predicted molar refractivity (Wildman–Crippen MR) is 67.2 cm³/mol. The summed E-state index contributed by atoms with van der Waals surface area (Å²) in [5.74, 6) is -0.768. The van der Waals surface area contributed by atoms with Gasteiger partial charge in [0.25, 0.3) is 0 Å². The maximum atomic E-state index is 12.2. The molecule has 108 valence electrons. The van der Waals surface area contributed by atoms with Crippen molar-refractivity contribution in [2.24, 2.45) is 11.3 Å². The number of esters is 2. The summed E-state index contributed by atoms with van der Waals surface area (Å²) in [6.45, 7) is 3.47. The van der Waals surface area contributed by atoms with E-state index < -0.39 is 11.5 Å². The summed E-state index contributed by atoms with van der Waals surface area (Å²) in [6.07, 6.45) is 2.44. The van der Waals surface area contributed by atoms with E-state index in [-0.39, 0.29) is 24.0 Å². The average Bonchev–Trinajstić information content (AvgIpc) is 2.33. The van der Waals surface area contributed by atoms with Crippen molar-refractivity contribution in [3.8, 4) is 0 Å². The van der Waals surface area contributed by atoms with Crippen molar-refractivity contribution in [1.82, 2.24) is 0 Å². The minimum absolute atomic E-state index is 0.143. The Balaban J connectivity index is 2.17. The highest BCUT2D eigenvalue weighted by atomic mass is 16.5. The first-order valence-corrected chi connectivity index (χ1v) is 7.04. The van der Waals surface area contributed by atoms with Crippen LogP contribution in [0.25, 0.3) is 0 Å². The first-order chi connectivity index (χ1) is 9.01. The summed E-state index contributed by atoms with van der Waals surface area (Å²) in [4.78, 5) is 23.3. The lowest BCUT2D eigenvalue weighted by molar-refractivity contribution is -0.192. The molecule has 2 bridgehead atoms. The second-order valence-electron chi connectivity index (χ2n) is 5.56. The molecule has 2 rings (SSSR count). The number of hydrogen-bond donors (Lipinski definition) is 1. The largest absolute Gasteiger partial charge is 0.465 e. The fraction of sp³-hybridized carbons (Fsp3) is 0.857. The summed E-state index contributed by atoms with van der Waals surface area (Å²) in [7, 11) is 0. The molecule has 4 atom stereocenters. The van der Waals surface area contributed by atoms with Gasteiger partial charge in [-0.3, -0.25) is 9.59 Å². The standard InChI is InChI=1S/C14H22O5/c1-3-18-13(17)14-7-4-5-10(12(14)16)11(6-8-14)19-9(2)15/h10-12,16H,3-8H2,1-2H3. The molecule has 19 heavy (non-hydrogen) atoms. The monoisotopic (exact) mass is 270 g/mol. The van der Waals surface area contributed by atoms with Crippen LogP contribution in [-0.2, 0) is 19.1 Å². The second kappa shape index (κ2) is 5.49. The number of carbonyl (C=O) groups is 2. The topological polar surface area (TPSA) is 72.8 Å². The lowest BCUT2D eigenvalue weighted by atomic mass is 9.59. The number of aliphatic hydroxyl groups is 1. The summed E-state index contributed by atoms with van der Waals surface area (Å²) in [5, 5.41) is 10.5. The maximum absolute atomic E-state index is 12.2. The molecular formula is C14H22O5. The van der Waals surface area contributed by atoms with E-state index in [4.69, 9.17) is 9.47 Å². The van der Waals surface area contributed by atoms with Crippen molar-refractivity contribution in [1.29, 1.82) is 0 Å². The van der Waals surface area contributed by atoms with Gasteiger partial charge in [0.1, 0.15) is 6.10 Å². The van der Waals surface area contributed by atoms with Crippen LogP contribution < -0.4 is 0 Å². The lowest BCUT2D eigenvalue weighted by Crippen LogP contribution is -2.57. The zero-order valence-corrected chi connectivity index (χ0v) is 11.6. The molecule has 0 spiro atoms. The molecule has 0 aliphatic heterocycles. The van der Waals surface area contributed by atoms with Crippen molar-refractivity contribution in [3.05, 3.63) is 0 Å². The number of rotatable bonds is 3. The Morgan fingerprint density at radius 3 is 2.68 bits per heavy atom. The third-order valence-electron chi connectivity index (χ3n) is 4.48. The fourth-order valence-corrected chi connectivity index (χ4v) is 3.60. The molecule has 1 N–H and O–H groups in total. The van der Waals surface area contributed by atoms with Crippen LogP contribution >= 0.6 is 0 Å². The lowest BCUT2D eigenvalue weighted by Gasteiger charge is -2.50. The first-order valence-electron chi connectivity index (χ1n) is 7.04. The van der Waals surface area contributed by atoms with Gasteiger partial charge in [0.05, 0.1) is 18.1 Å². The van der Waals surface area contributed by atoms with Crippen molar-refractivity contribution in [2.75, 3.05) is 6.61 Å². The Kier molecular flexibility index (Phi) is 4.13. The highest BCUT2D eigenvalue weighted by molar-refractivity contribution is 5.78. The van der Waals surface area contributed by atoms with Crippen LogP contribution in [0.3, 0.4) is 0 Å². The molecular weight excluding hydrogens is 248 g/mol. The van der Waals surface area contributed by atoms with E-state index in [1.54, 1.807) is 6.92 Å². The molecule has 0 aromatic heterocycles. The normalized spacial score (nSPS) is 37.5. The van der Waals surface area contributed by atoms with Gasteiger partial charge < -0.3 is 14.6 Å². The van der Waals surface area contributed by atoms with Crippen LogP contribution in [0.2, 0.25) is 0 Å². The first kappa shape index (κ1) is 14.3. The Labute approximate surface area is 113 Å². The summed E-state index contributed by atoms with van der Waals surface area (Å²) in [5.41, 5.74) is -0.782. The zero-order valence-electron chi connectivity index (χ0n) is 11.6. The van der Waals surface area contributed by atoms with E-state index in [1.165, 1.54) is 6.92 Å². The number of ether oxygens (including phenoxy) is 2. The average molecular weight is 270 g/mol. The molecule has 5 nitrogen and oxygen atoms in total. The van der Waals surface area contributed by atoms with Crippen molar-refractivity contribution in [2.45, 2.75) is 58.2 Å². The number of aliphatic hydroxyl groups excluding tert-OH is 1. The minimum Gasteiger partial charge on any atom is -0.465 e. The van der Waals surface area contributed by atoms with Crippen LogP contribution in [0, 0.1) is 11.3 Å². The molecule has 0 amide bonds. The predicted octanol–water partition coefficient (Wildman–Crippen LogP) is 1.42. The number of hydrogen-bond acceptors (Lipinski definition) is 5. The van der Waals surface area contributed by atoms with Gasteiger partial charge in [0.15, 0.2) is 0 Å². The molecule has 0 aromatic carbocycles. The Morgan fingerprint density at radius 2 is 2.05 bits per heavy atom. The zero-order chi connectivity index (χ0) is 14.0. The molecule has 0 heterocycles. The number of fused-ring (bicyclic) bond motifs is 2. The van der Waals surface area contributed by atoms with Crippen LogP contribution in [0.5, 0.6) is 0 Å². The SMILES string of the molecule is CCOC(=O)C12CCCC(C(OC(C)=O)CC1)C2O. The molecule has 2 aliphatic rings. The summed E-state index contributed by atoms with van der Waals surface area (Å²) >= 11 is 0. The third kappa shape index (κ3) is 2.48. The van der Waals surface area contributed by atoms with Crippen molar-refractivity contribution < 1.29 is 24.2 Å². The quantitative estimate of drug-likeness (QED) is 0.785. The summed E-state index contributed by atoms with van der Waals surface area (Å²) in [6, 6.07) is 0. The van der Waals surface area contributed by atoms with E-state index in [9.17, 15) is 14.7 Å². The smallest absolute Gasteiger partial charge is 0.314 e. The van der Waals surface area contributed by atoms with Crippen molar-refractivity contribution in [3.63, 3.8) is 0 Å². The molecule has 2 fully saturated rings. The van der Waals surface area contributed by atoms with E-state index in [2.05, 4.69) is 0 Å². The number of carbonyl (C=O) groups excluding carboxylic acids is 2. The van der Waals surface area contributed by atoms with Gasteiger partial charge >= 0.3 is 11.9 Å². The van der Waals surface area contributed by atoms with E-state index >= 15 is 0 Å². The van der Waals surface area contributed by atoms with Crippen LogP contribution in [-0.4, -0.2) is 35.9 Å². The highest BCUT2D eigenvalue weighted by Crippen LogP contribution is 2.50. The van der Waals surface area contributed by atoms with Gasteiger partial charge in [0, 0.05) is 12.8 Å². The Hall–Kier alpha value is -1.10. The summed E-state index contributed by atoms with van der Waals surface area (Å²) < 4.78 is 10.4. The van der Waals surface area contributed by atoms with E-state index in [1.807, 2.05) is 0 Å². The Bertz CT molecular complexity index is 367. The molecule has 2 aliphatic carbocycles. The van der Waals surface area contributed by atoms with Gasteiger partial charge in [-0.15, -0.1) is 0 Å². The van der Waals surface area contributed by atoms with Crippen LogP contribution in [0.15, 0.2) is 0 Å². The Morgan fingerprint density at radius 1 is 1.32 bits per heavy atom. The third-order valence-corrected chi connectivity index (χ3v) is 4.48. The molecule has 4 unspecified atom stereocenters. The fourth-order valence-electron chi connectivity index (χ4n) is 3.60. The second-order valence-corrected chi connectivity index (χ2v) is 5.56. The highest BCUT2D eigenvalue weighted by Gasteiger charge is 2.56. The van der Waals surface area contributed by atoms with Gasteiger partial charge in [-0.1, -0.05) is 6.42 Å². The van der Waals surface area contributed by atoms with E-state index in [0.717, 1.165) is 12.8 Å². The van der Waals surface area contributed by atoms with Gasteiger partial charge in [-0.2, -0.15) is 0 Å². The van der Waals surface area contributed by atoms with Gasteiger partial charge in [-0.25, -0.2) is 0 Å². The van der Waals surface area contributed by atoms with E-state index in [0.29, 0.717) is 25.9 Å². The maximum Gasteiger partial charge on any atom is 0.314 e. The molecule has 2 saturated carbocycles. The minimum atomic E-state index is -0.782. The van der Waals surface area contributed by atoms with Gasteiger partial charge in [0.2, 0.25) is 0 Å². The van der Waals surface area contributed by atoms with Crippen LogP contribution in [0.1, 0.15) is 46.0 Å². The van der Waals surface area contributed by atoms with Crippen molar-refractivity contribution >= 4 is 11.9 Å². The molecule has 0 aromatic rings. The van der Waals surface area contributed by atoms with Gasteiger partial charge in [-0.05, 0) is 32.6 Å². The molecule has 0 saturated heterocycles. The molecule has 0 radical (unpaired) electrons. The molecule has 5 heteroatoms. The van der Waals surface area contributed by atoms with Crippen LogP contribution in [0.4, 0.5) is 0 Å².